The van der Waals surface area contributed by atoms with E-state index < -0.39 is 0 Å². The summed E-state index contributed by atoms with van der Waals surface area (Å²) in [4.78, 5) is 4.69. The van der Waals surface area contributed by atoms with Crippen molar-refractivity contribution in [2.24, 2.45) is 0 Å². The van der Waals surface area contributed by atoms with E-state index in [9.17, 15) is 0 Å². The quantitative estimate of drug-likeness (QED) is 0.728. The molecule has 0 aromatic carbocycles. The molecule has 0 amide bonds. The third kappa shape index (κ3) is 2.47. The molecule has 0 atom stereocenters. The zero-order chi connectivity index (χ0) is 12.3. The summed E-state index contributed by atoms with van der Waals surface area (Å²) in [5.74, 6) is 1.01. The van der Waals surface area contributed by atoms with Crippen LogP contribution in [0.5, 0.6) is 0 Å². The third-order valence-electron chi connectivity index (χ3n) is 2.90. The Bertz CT molecular complexity index is 504. The maximum absolute atomic E-state index is 4.69. The summed E-state index contributed by atoms with van der Waals surface area (Å²) in [6.45, 7) is 7.95. The molecule has 2 heteroatoms. The Balaban J connectivity index is 2.36. The molecule has 0 bridgehead atoms. The van der Waals surface area contributed by atoms with E-state index in [4.69, 9.17) is 0 Å². The fourth-order valence-electron chi connectivity index (χ4n) is 2.01. The van der Waals surface area contributed by atoms with Crippen LogP contribution >= 0.6 is 0 Å². The fraction of sp³-hybridized carbons (Fsp3) is 0.267. The van der Waals surface area contributed by atoms with Crippen molar-refractivity contribution >= 4 is 0 Å². The van der Waals surface area contributed by atoms with E-state index in [0.29, 0.717) is 0 Å². The summed E-state index contributed by atoms with van der Waals surface area (Å²) >= 11 is 0. The second kappa shape index (κ2) is 5.00. The van der Waals surface area contributed by atoms with Crippen molar-refractivity contribution in [3.8, 4) is 5.82 Å². The minimum Gasteiger partial charge on any atom is -0.303 e. The van der Waals surface area contributed by atoms with E-state index in [1.54, 1.807) is 0 Å². The van der Waals surface area contributed by atoms with E-state index >= 15 is 0 Å². The van der Waals surface area contributed by atoms with E-state index in [1.165, 1.54) is 11.4 Å². The molecule has 0 aliphatic heterocycles. The van der Waals surface area contributed by atoms with Crippen molar-refractivity contribution in [2.45, 2.75) is 26.7 Å². The largest absolute Gasteiger partial charge is 0.303 e. The molecule has 2 heterocycles. The lowest BCUT2D eigenvalue weighted by Crippen LogP contribution is -2.03. The summed E-state index contributed by atoms with van der Waals surface area (Å²) in [6.07, 6.45) is 3.86. The molecule has 0 aliphatic carbocycles. The number of pyridine rings is 1. The highest BCUT2D eigenvalue weighted by Gasteiger charge is 2.05. The van der Waals surface area contributed by atoms with Crippen LogP contribution in [0.15, 0.2) is 43.0 Å². The lowest BCUT2D eigenvalue weighted by molar-refractivity contribution is 0.876. The second-order valence-electron chi connectivity index (χ2n) is 4.27. The standard InChI is InChI=1S/C15H18N2/c1-4-5-7-14-8-6-9-15(16-14)17-12(2)10-11-13(17)3/h4,6,8-11H,1,5,7H2,2-3H3. The average Bonchev–Trinajstić information content (AvgIpc) is 2.67. The van der Waals surface area contributed by atoms with Gasteiger partial charge in [0, 0.05) is 17.1 Å². The molecule has 2 aromatic heterocycles. The van der Waals surface area contributed by atoms with Gasteiger partial charge in [0.15, 0.2) is 0 Å². The Morgan fingerprint density at radius 1 is 1.18 bits per heavy atom. The third-order valence-corrected chi connectivity index (χ3v) is 2.90. The molecule has 17 heavy (non-hydrogen) atoms. The molecule has 0 unspecified atom stereocenters. The summed E-state index contributed by atoms with van der Waals surface area (Å²) in [6, 6.07) is 10.4. The number of aryl methyl sites for hydroxylation is 3. The predicted octanol–water partition coefficient (Wildman–Crippen LogP) is 3.61. The van der Waals surface area contributed by atoms with Gasteiger partial charge in [-0.2, -0.15) is 0 Å². The molecule has 2 rings (SSSR count). The van der Waals surface area contributed by atoms with Crippen LogP contribution in [0, 0.1) is 13.8 Å². The van der Waals surface area contributed by atoms with Crippen molar-refractivity contribution < 1.29 is 0 Å². The van der Waals surface area contributed by atoms with Gasteiger partial charge in [-0.3, -0.25) is 0 Å². The summed E-state index contributed by atoms with van der Waals surface area (Å²) in [5, 5.41) is 0. The van der Waals surface area contributed by atoms with E-state index in [1.807, 2.05) is 6.08 Å². The molecule has 2 nitrogen and oxygen atoms in total. The smallest absolute Gasteiger partial charge is 0.137 e. The van der Waals surface area contributed by atoms with Crippen molar-refractivity contribution in [3.63, 3.8) is 0 Å². The molecule has 0 radical (unpaired) electrons. The van der Waals surface area contributed by atoms with Gasteiger partial charge in [0.1, 0.15) is 5.82 Å². The molecule has 0 aliphatic rings. The van der Waals surface area contributed by atoms with Crippen molar-refractivity contribution in [1.29, 1.82) is 0 Å². The van der Waals surface area contributed by atoms with Gasteiger partial charge in [-0.1, -0.05) is 12.1 Å². The monoisotopic (exact) mass is 226 g/mol. The molecular formula is C15H18N2. The van der Waals surface area contributed by atoms with E-state index in [2.05, 4.69) is 60.3 Å². The number of hydrogen-bond acceptors (Lipinski definition) is 1. The van der Waals surface area contributed by atoms with Crippen molar-refractivity contribution in [1.82, 2.24) is 9.55 Å². The molecule has 2 aromatic rings. The van der Waals surface area contributed by atoms with Gasteiger partial charge < -0.3 is 4.57 Å². The van der Waals surface area contributed by atoms with Crippen LogP contribution in [0.3, 0.4) is 0 Å². The predicted molar refractivity (Wildman–Crippen MR) is 71.6 cm³/mol. The van der Waals surface area contributed by atoms with Crippen LogP contribution in [0.25, 0.3) is 5.82 Å². The van der Waals surface area contributed by atoms with Gasteiger partial charge >= 0.3 is 0 Å². The molecule has 0 fully saturated rings. The van der Waals surface area contributed by atoms with E-state index in [0.717, 1.165) is 24.4 Å². The highest BCUT2D eigenvalue weighted by atomic mass is 15.1. The topological polar surface area (TPSA) is 17.8 Å². The summed E-state index contributed by atoms with van der Waals surface area (Å²) in [5.41, 5.74) is 3.56. The van der Waals surface area contributed by atoms with Gasteiger partial charge in [-0.25, -0.2) is 4.98 Å². The van der Waals surface area contributed by atoms with Crippen LogP contribution < -0.4 is 0 Å². The highest BCUT2D eigenvalue weighted by Crippen LogP contribution is 2.15. The zero-order valence-corrected chi connectivity index (χ0v) is 10.5. The minimum atomic E-state index is 0.955. The lowest BCUT2D eigenvalue weighted by atomic mass is 10.2. The minimum absolute atomic E-state index is 0.955. The van der Waals surface area contributed by atoms with Crippen LogP contribution in [-0.4, -0.2) is 9.55 Å². The Kier molecular flexibility index (Phi) is 3.43. The number of rotatable bonds is 4. The zero-order valence-electron chi connectivity index (χ0n) is 10.5. The summed E-state index contributed by atoms with van der Waals surface area (Å²) in [7, 11) is 0. The van der Waals surface area contributed by atoms with Crippen LogP contribution in [0.1, 0.15) is 23.5 Å². The molecule has 0 saturated carbocycles. The lowest BCUT2D eigenvalue weighted by Gasteiger charge is -2.09. The van der Waals surface area contributed by atoms with Gasteiger partial charge in [0.25, 0.3) is 0 Å². The Labute approximate surface area is 103 Å². The molecule has 88 valence electrons. The number of nitrogens with zero attached hydrogens (tertiary/aromatic N) is 2. The van der Waals surface area contributed by atoms with Crippen LogP contribution in [0.2, 0.25) is 0 Å². The Morgan fingerprint density at radius 3 is 2.53 bits per heavy atom. The summed E-state index contributed by atoms with van der Waals surface area (Å²) < 4.78 is 2.18. The first-order valence-corrected chi connectivity index (χ1v) is 5.94. The molecular weight excluding hydrogens is 208 g/mol. The Hall–Kier alpha value is -1.83. The van der Waals surface area contributed by atoms with Crippen LogP contribution in [0.4, 0.5) is 0 Å². The van der Waals surface area contributed by atoms with Crippen LogP contribution in [-0.2, 0) is 6.42 Å². The Morgan fingerprint density at radius 2 is 1.88 bits per heavy atom. The van der Waals surface area contributed by atoms with E-state index in [-0.39, 0.29) is 0 Å². The number of aromatic nitrogens is 2. The molecule has 0 saturated heterocycles. The van der Waals surface area contributed by atoms with Gasteiger partial charge in [-0.05, 0) is 51.0 Å². The maximum atomic E-state index is 4.69. The number of hydrogen-bond donors (Lipinski definition) is 0. The first kappa shape index (κ1) is 11.6. The SMILES string of the molecule is C=CCCc1cccc(-n2c(C)ccc2C)n1. The average molecular weight is 226 g/mol. The van der Waals surface area contributed by atoms with Crippen molar-refractivity contribution in [3.05, 3.63) is 60.1 Å². The van der Waals surface area contributed by atoms with Crippen molar-refractivity contribution in [2.75, 3.05) is 0 Å². The first-order chi connectivity index (χ1) is 8.22. The molecule has 0 spiro atoms. The highest BCUT2D eigenvalue weighted by molar-refractivity contribution is 5.32. The van der Waals surface area contributed by atoms with Gasteiger partial charge in [0.05, 0.1) is 0 Å². The normalized spacial score (nSPS) is 10.5. The van der Waals surface area contributed by atoms with Gasteiger partial charge in [0.2, 0.25) is 0 Å². The first-order valence-electron chi connectivity index (χ1n) is 5.94. The molecule has 0 N–H and O–H groups in total. The second-order valence-corrected chi connectivity index (χ2v) is 4.27. The van der Waals surface area contributed by atoms with Gasteiger partial charge in [-0.15, -0.1) is 6.58 Å². The fourth-order valence-corrected chi connectivity index (χ4v) is 2.01. The maximum Gasteiger partial charge on any atom is 0.137 e. The number of allylic oxidation sites excluding steroid dienone is 1.